The monoisotopic (exact) mass is 382 g/mol. The zero-order valence-corrected chi connectivity index (χ0v) is 11.9. The first kappa shape index (κ1) is 7.10. The molecule has 4 heteroatoms. The Labute approximate surface area is 71.4 Å². The first-order chi connectivity index (χ1) is 3.83. The van der Waals surface area contributed by atoms with Gasteiger partial charge in [0.25, 0.3) is 0 Å². The zero-order valence-electron chi connectivity index (χ0n) is 4.03. The van der Waals surface area contributed by atoms with Crippen molar-refractivity contribution >= 4 is 27.4 Å². The first-order valence-corrected chi connectivity index (χ1v) is 12.4. The van der Waals surface area contributed by atoms with Crippen molar-refractivity contribution in [3.8, 4) is 0 Å². The van der Waals surface area contributed by atoms with Crippen LogP contribution in [0.1, 0.15) is 0 Å². The van der Waals surface area contributed by atoms with Crippen molar-refractivity contribution in [3.05, 3.63) is 16.8 Å². The average Bonchev–Trinajstić information content (AvgIpc) is 2.14. The van der Waals surface area contributed by atoms with Crippen molar-refractivity contribution < 1.29 is 27.8 Å². The summed E-state index contributed by atoms with van der Waals surface area (Å²) in [6.07, 6.45) is 0. The fourth-order valence-electron chi connectivity index (χ4n) is 0.424. The fourth-order valence-corrected chi connectivity index (χ4v) is 4.47. The van der Waals surface area contributed by atoms with Gasteiger partial charge >= 0.3 is 72.0 Å². The molecule has 0 saturated heterocycles. The van der Waals surface area contributed by atoms with Gasteiger partial charge in [0, 0.05) is 0 Å². The van der Waals surface area contributed by atoms with Crippen molar-refractivity contribution in [2.45, 2.75) is 0 Å². The molecule has 0 aliphatic heterocycles. The van der Waals surface area contributed by atoms with Gasteiger partial charge in [0.15, 0.2) is 0 Å². The van der Waals surface area contributed by atoms with E-state index in [-0.39, 0.29) is 0 Å². The molecule has 0 aromatic carbocycles. The van der Waals surface area contributed by atoms with Gasteiger partial charge in [-0.25, -0.2) is 0 Å². The summed E-state index contributed by atoms with van der Waals surface area (Å²) in [5.41, 5.74) is 0. The van der Waals surface area contributed by atoms with Crippen LogP contribution >= 0.6 is 24.2 Å². The minimum absolute atomic E-state index is 0.785. The Kier molecular flexibility index (Phi) is 2.86. The van der Waals surface area contributed by atoms with Crippen molar-refractivity contribution in [3.63, 3.8) is 0 Å². The van der Waals surface area contributed by atoms with Gasteiger partial charge in [-0.3, -0.25) is 0 Å². The quantitative estimate of drug-likeness (QED) is 0.677. The number of furan rings is 1. The van der Waals surface area contributed by atoms with Crippen LogP contribution < -0.4 is 3.27 Å². The summed E-state index contributed by atoms with van der Waals surface area (Å²) in [5, 5.41) is 0. The summed E-state index contributed by atoms with van der Waals surface area (Å²) in [4.78, 5) is 0. The molecule has 40 valence electrons. The maximum atomic E-state index is 5.65. The third kappa shape index (κ3) is 1.74. The number of hydrogen-bond donors (Lipinski definition) is 0. The van der Waals surface area contributed by atoms with E-state index in [1.807, 2.05) is 12.1 Å². The van der Waals surface area contributed by atoms with Crippen LogP contribution in [0.2, 0.25) is 0 Å². The molecular formula is C4H2BrClHgO. The summed E-state index contributed by atoms with van der Waals surface area (Å²) >= 11 is 1.94. The van der Waals surface area contributed by atoms with E-state index in [0.717, 1.165) is 7.94 Å². The Morgan fingerprint density at radius 2 is 2.38 bits per heavy atom. The van der Waals surface area contributed by atoms with Crippen LogP contribution in [0.3, 0.4) is 0 Å². The third-order valence-electron chi connectivity index (χ3n) is 0.761. The van der Waals surface area contributed by atoms with Gasteiger partial charge in [-0.05, 0) is 0 Å². The molecule has 1 rings (SSSR count). The number of halogens is 2. The number of hydrogen-bond acceptors (Lipinski definition) is 1. The van der Waals surface area contributed by atoms with E-state index in [0.29, 0.717) is 0 Å². The second kappa shape index (κ2) is 3.23. The minimum atomic E-state index is -1.24. The van der Waals surface area contributed by atoms with Crippen LogP contribution in [0.15, 0.2) is 21.2 Å². The Hall–Kier alpha value is 0.985. The van der Waals surface area contributed by atoms with Crippen LogP contribution in [0.5, 0.6) is 0 Å². The van der Waals surface area contributed by atoms with Gasteiger partial charge in [-0.2, -0.15) is 0 Å². The van der Waals surface area contributed by atoms with Gasteiger partial charge in [-0.1, -0.05) is 0 Å². The van der Waals surface area contributed by atoms with Crippen LogP contribution in [-0.2, 0) is 23.3 Å². The fraction of sp³-hybridized carbons (Fsp3) is 0. The molecule has 0 fully saturated rings. The van der Waals surface area contributed by atoms with E-state index >= 15 is 0 Å². The normalized spacial score (nSPS) is 8.75. The molecule has 0 spiro atoms. The zero-order chi connectivity index (χ0) is 5.98. The van der Waals surface area contributed by atoms with Gasteiger partial charge < -0.3 is 0 Å². The van der Waals surface area contributed by atoms with Gasteiger partial charge in [0.2, 0.25) is 0 Å². The molecule has 0 aliphatic rings. The van der Waals surface area contributed by atoms with Crippen molar-refractivity contribution in [2.75, 3.05) is 0 Å². The molecule has 1 heterocycles. The summed E-state index contributed by atoms with van der Waals surface area (Å²) in [7, 11) is 5.65. The molecule has 1 aromatic rings. The average molecular weight is 382 g/mol. The maximum absolute atomic E-state index is 5.65. The summed E-state index contributed by atoms with van der Waals surface area (Å²) in [6, 6.07) is 3.80. The van der Waals surface area contributed by atoms with Gasteiger partial charge in [0.1, 0.15) is 0 Å². The Bertz CT molecular complexity index is 176. The molecule has 0 unspecified atom stereocenters. The van der Waals surface area contributed by atoms with Crippen molar-refractivity contribution in [2.24, 2.45) is 0 Å². The van der Waals surface area contributed by atoms with Gasteiger partial charge in [0.05, 0.1) is 0 Å². The molecule has 1 nitrogen and oxygen atoms in total. The predicted molar refractivity (Wildman–Crippen MR) is 31.9 cm³/mol. The first-order valence-electron chi connectivity index (χ1n) is 2.13. The molecule has 0 bridgehead atoms. The van der Waals surface area contributed by atoms with Crippen LogP contribution in [-0.4, -0.2) is 0 Å². The molecule has 0 aliphatic carbocycles. The molecule has 1 aromatic heterocycles. The molecule has 0 radical (unpaired) electrons. The predicted octanol–water partition coefficient (Wildman–Crippen LogP) is 1.90. The molecule has 0 saturated carbocycles. The van der Waals surface area contributed by atoms with Crippen LogP contribution in [0.4, 0.5) is 0 Å². The summed E-state index contributed by atoms with van der Waals surface area (Å²) in [6.45, 7) is 0. The molecule has 8 heavy (non-hydrogen) atoms. The Morgan fingerprint density at radius 3 is 2.62 bits per heavy atom. The Balaban J connectivity index is 2.84. The van der Waals surface area contributed by atoms with Crippen molar-refractivity contribution in [1.82, 2.24) is 0 Å². The number of rotatable bonds is 1. The van der Waals surface area contributed by atoms with Crippen molar-refractivity contribution in [1.29, 1.82) is 0 Å². The molecule has 0 atom stereocenters. The molecule has 0 N–H and O–H groups in total. The third-order valence-corrected chi connectivity index (χ3v) is 6.00. The summed E-state index contributed by atoms with van der Waals surface area (Å²) in [5.74, 6) is 0. The van der Waals surface area contributed by atoms with Crippen LogP contribution in [0, 0.1) is 0 Å². The summed E-state index contributed by atoms with van der Waals surface area (Å²) < 4.78 is 6.91. The van der Waals surface area contributed by atoms with E-state index in [9.17, 15) is 0 Å². The van der Waals surface area contributed by atoms with Gasteiger partial charge in [-0.15, -0.1) is 0 Å². The molecule has 0 amide bonds. The Morgan fingerprint density at radius 1 is 1.62 bits per heavy atom. The second-order valence-corrected chi connectivity index (χ2v) is 8.21. The van der Waals surface area contributed by atoms with E-state index in [2.05, 4.69) is 15.9 Å². The van der Waals surface area contributed by atoms with Crippen LogP contribution in [0.25, 0.3) is 0 Å². The molecular weight excluding hydrogens is 380 g/mol. The standard InChI is InChI=1S/C4H2BrO.ClH.Hg/c5-4-2-1-3-6-4;;/h1-2H;1H;/q;;+1/p-1. The van der Waals surface area contributed by atoms with E-state index in [1.54, 1.807) is 0 Å². The van der Waals surface area contributed by atoms with E-state index in [1.165, 1.54) is 0 Å². The van der Waals surface area contributed by atoms with E-state index < -0.39 is 23.3 Å². The topological polar surface area (TPSA) is 13.1 Å². The SMILES string of the molecule is [Cl][Hg][c]1ccc(Br)o1. The second-order valence-electron chi connectivity index (χ2n) is 1.34. The van der Waals surface area contributed by atoms with E-state index in [4.69, 9.17) is 12.7 Å².